The molecule has 0 spiro atoms. The van der Waals surface area contributed by atoms with Crippen LogP contribution in [0.3, 0.4) is 0 Å². The molecule has 0 unspecified atom stereocenters. The number of benzene rings is 1. The molecule has 2 fully saturated rings. The Morgan fingerprint density at radius 1 is 1.35 bits per heavy atom. The van der Waals surface area contributed by atoms with Gasteiger partial charge in [0.05, 0.1) is 16.3 Å². The molecule has 4 rings (SSSR count). The molecule has 136 valence electrons. The van der Waals surface area contributed by atoms with Gasteiger partial charge in [0.1, 0.15) is 0 Å². The Bertz CT molecular complexity index is 883. The number of amides is 2. The summed E-state index contributed by atoms with van der Waals surface area (Å²) in [5, 5.41) is 5.06. The van der Waals surface area contributed by atoms with Crippen molar-refractivity contribution in [2.24, 2.45) is 5.92 Å². The predicted octanol–water partition coefficient (Wildman–Crippen LogP) is 2.68. The molecule has 1 aromatic carbocycles. The Labute approximate surface area is 157 Å². The fraction of sp³-hybridized carbons (Fsp3) is 0.450. The van der Waals surface area contributed by atoms with Gasteiger partial charge in [0.25, 0.3) is 0 Å². The number of piperidine rings is 1. The molecule has 3 heterocycles. The SMILES string of the molecule is Cc1ccc2nc(SCC(=O)N3CC[C@@H]4NC(=O)C[C@@H]4C3)cc(C)c2c1. The van der Waals surface area contributed by atoms with Crippen molar-refractivity contribution in [1.29, 1.82) is 0 Å². The minimum Gasteiger partial charge on any atom is -0.353 e. The molecular weight excluding hydrogens is 346 g/mol. The minimum atomic E-state index is 0.120. The lowest BCUT2D eigenvalue weighted by atomic mass is 9.93. The molecule has 2 aliphatic rings. The van der Waals surface area contributed by atoms with Crippen LogP contribution in [-0.4, -0.2) is 46.6 Å². The van der Waals surface area contributed by atoms with Crippen LogP contribution < -0.4 is 5.32 Å². The van der Waals surface area contributed by atoms with Gasteiger partial charge in [0.2, 0.25) is 11.8 Å². The third kappa shape index (κ3) is 3.43. The van der Waals surface area contributed by atoms with Crippen LogP contribution in [0.4, 0.5) is 0 Å². The second-order valence-electron chi connectivity index (χ2n) is 7.35. The summed E-state index contributed by atoms with van der Waals surface area (Å²) in [5.74, 6) is 0.920. The Morgan fingerprint density at radius 2 is 2.19 bits per heavy atom. The molecule has 1 aromatic heterocycles. The maximum Gasteiger partial charge on any atom is 0.233 e. The number of nitrogens with one attached hydrogen (secondary N) is 1. The summed E-state index contributed by atoms with van der Waals surface area (Å²) < 4.78 is 0. The van der Waals surface area contributed by atoms with Crippen molar-refractivity contribution in [3.63, 3.8) is 0 Å². The number of hydrogen-bond donors (Lipinski definition) is 1. The Kier molecular flexibility index (Phi) is 4.61. The first kappa shape index (κ1) is 17.3. The first-order valence-corrected chi connectivity index (χ1v) is 10.1. The standard InChI is InChI=1S/C20H23N3O2S/c1-12-3-4-17-15(7-12)13(2)8-19(22-17)26-11-20(25)23-6-5-16-14(10-23)9-18(24)21-16/h3-4,7-8,14,16H,5-6,9-11H2,1-2H3,(H,21,24)/t14-,16+/m1/s1. The summed E-state index contributed by atoms with van der Waals surface area (Å²) >= 11 is 1.50. The minimum absolute atomic E-state index is 0.120. The summed E-state index contributed by atoms with van der Waals surface area (Å²) in [5.41, 5.74) is 3.38. The highest BCUT2D eigenvalue weighted by molar-refractivity contribution is 7.99. The van der Waals surface area contributed by atoms with E-state index in [4.69, 9.17) is 4.98 Å². The molecule has 2 aromatic rings. The van der Waals surface area contributed by atoms with Gasteiger partial charge in [-0.1, -0.05) is 23.4 Å². The molecule has 2 saturated heterocycles. The van der Waals surface area contributed by atoms with E-state index in [0.29, 0.717) is 18.7 Å². The van der Waals surface area contributed by atoms with Crippen LogP contribution in [0, 0.1) is 19.8 Å². The van der Waals surface area contributed by atoms with E-state index in [1.807, 2.05) is 11.0 Å². The van der Waals surface area contributed by atoms with Gasteiger partial charge in [-0.15, -0.1) is 0 Å². The van der Waals surface area contributed by atoms with Gasteiger partial charge in [0, 0.05) is 36.9 Å². The quantitative estimate of drug-likeness (QED) is 0.845. The average molecular weight is 369 g/mol. The average Bonchev–Trinajstić information content (AvgIpc) is 2.99. The lowest BCUT2D eigenvalue weighted by Crippen LogP contribution is -2.47. The normalized spacial score (nSPS) is 22.4. The van der Waals surface area contributed by atoms with Gasteiger partial charge >= 0.3 is 0 Å². The van der Waals surface area contributed by atoms with Crippen molar-refractivity contribution < 1.29 is 9.59 Å². The van der Waals surface area contributed by atoms with Gasteiger partial charge in [-0.25, -0.2) is 4.98 Å². The first-order chi connectivity index (χ1) is 12.5. The maximum atomic E-state index is 12.6. The summed E-state index contributed by atoms with van der Waals surface area (Å²) in [4.78, 5) is 30.7. The predicted molar refractivity (Wildman–Crippen MR) is 103 cm³/mol. The van der Waals surface area contributed by atoms with Crippen molar-refractivity contribution in [1.82, 2.24) is 15.2 Å². The number of aromatic nitrogens is 1. The highest BCUT2D eigenvalue weighted by Crippen LogP contribution is 2.27. The molecule has 0 radical (unpaired) electrons. The van der Waals surface area contributed by atoms with Crippen molar-refractivity contribution >= 4 is 34.5 Å². The molecule has 1 N–H and O–H groups in total. The van der Waals surface area contributed by atoms with Crippen LogP contribution in [0.25, 0.3) is 10.9 Å². The Balaban J connectivity index is 1.41. The van der Waals surface area contributed by atoms with E-state index in [1.165, 1.54) is 28.3 Å². The van der Waals surface area contributed by atoms with Crippen LogP contribution in [0.1, 0.15) is 24.0 Å². The number of nitrogens with zero attached hydrogens (tertiary/aromatic N) is 2. The molecule has 2 aliphatic heterocycles. The number of carbonyl (C=O) groups excluding carboxylic acids is 2. The number of hydrogen-bond acceptors (Lipinski definition) is 4. The molecule has 6 heteroatoms. The topological polar surface area (TPSA) is 62.3 Å². The first-order valence-electron chi connectivity index (χ1n) is 9.07. The number of thioether (sulfide) groups is 1. The van der Waals surface area contributed by atoms with Gasteiger partial charge in [-0.05, 0) is 44.0 Å². The third-order valence-electron chi connectivity index (χ3n) is 5.37. The fourth-order valence-corrected chi connectivity index (χ4v) is 4.81. The van der Waals surface area contributed by atoms with Gasteiger partial charge in [-0.2, -0.15) is 0 Å². The monoisotopic (exact) mass is 369 g/mol. The van der Waals surface area contributed by atoms with Crippen molar-refractivity contribution in [3.8, 4) is 0 Å². The fourth-order valence-electron chi connectivity index (χ4n) is 3.94. The van der Waals surface area contributed by atoms with Crippen LogP contribution in [0.15, 0.2) is 29.3 Å². The largest absolute Gasteiger partial charge is 0.353 e. The maximum absolute atomic E-state index is 12.6. The van der Waals surface area contributed by atoms with E-state index in [1.54, 1.807) is 0 Å². The van der Waals surface area contributed by atoms with Crippen LogP contribution in [0.2, 0.25) is 0 Å². The molecule has 5 nitrogen and oxygen atoms in total. The number of rotatable bonds is 3. The number of pyridine rings is 1. The lowest BCUT2D eigenvalue weighted by Gasteiger charge is -2.34. The third-order valence-corrected chi connectivity index (χ3v) is 6.27. The summed E-state index contributed by atoms with van der Waals surface area (Å²) in [6, 6.07) is 8.57. The van der Waals surface area contributed by atoms with E-state index < -0.39 is 0 Å². The van der Waals surface area contributed by atoms with E-state index in [9.17, 15) is 9.59 Å². The molecule has 26 heavy (non-hydrogen) atoms. The van der Waals surface area contributed by atoms with E-state index in [2.05, 4.69) is 37.4 Å². The van der Waals surface area contributed by atoms with Crippen molar-refractivity contribution in [2.45, 2.75) is 37.8 Å². The Morgan fingerprint density at radius 3 is 3.04 bits per heavy atom. The summed E-state index contributed by atoms with van der Waals surface area (Å²) in [7, 11) is 0. The van der Waals surface area contributed by atoms with Crippen molar-refractivity contribution in [3.05, 3.63) is 35.4 Å². The number of carbonyl (C=O) groups is 2. The summed E-state index contributed by atoms with van der Waals surface area (Å²) in [6.45, 7) is 5.58. The van der Waals surface area contributed by atoms with Crippen molar-refractivity contribution in [2.75, 3.05) is 18.8 Å². The molecular formula is C20H23N3O2S. The highest BCUT2D eigenvalue weighted by atomic mass is 32.2. The zero-order valence-electron chi connectivity index (χ0n) is 15.1. The zero-order chi connectivity index (χ0) is 18.3. The number of likely N-dealkylation sites (tertiary alicyclic amines) is 1. The van der Waals surface area contributed by atoms with Gasteiger partial charge < -0.3 is 10.2 Å². The number of fused-ring (bicyclic) bond motifs is 2. The summed E-state index contributed by atoms with van der Waals surface area (Å²) in [6.07, 6.45) is 1.41. The second-order valence-corrected chi connectivity index (χ2v) is 8.35. The number of aryl methyl sites for hydroxylation is 2. The molecule has 0 saturated carbocycles. The second kappa shape index (κ2) is 6.91. The molecule has 2 amide bonds. The lowest BCUT2D eigenvalue weighted by molar-refractivity contribution is -0.130. The van der Waals surface area contributed by atoms with Crippen LogP contribution in [-0.2, 0) is 9.59 Å². The van der Waals surface area contributed by atoms with E-state index >= 15 is 0 Å². The van der Waals surface area contributed by atoms with Gasteiger partial charge in [0.15, 0.2) is 0 Å². The van der Waals surface area contributed by atoms with E-state index in [-0.39, 0.29) is 23.8 Å². The molecule has 0 aliphatic carbocycles. The molecule has 0 bridgehead atoms. The van der Waals surface area contributed by atoms with Gasteiger partial charge in [-0.3, -0.25) is 9.59 Å². The van der Waals surface area contributed by atoms with Crippen LogP contribution in [0.5, 0.6) is 0 Å². The highest BCUT2D eigenvalue weighted by Gasteiger charge is 2.37. The zero-order valence-corrected chi connectivity index (χ0v) is 15.9. The Hall–Kier alpha value is -2.08. The van der Waals surface area contributed by atoms with Crippen LogP contribution >= 0.6 is 11.8 Å². The smallest absolute Gasteiger partial charge is 0.233 e. The van der Waals surface area contributed by atoms with E-state index in [0.717, 1.165) is 23.5 Å². The molecule has 2 atom stereocenters.